The highest BCUT2D eigenvalue weighted by atomic mass is 19.1. The van der Waals surface area contributed by atoms with Gasteiger partial charge in [-0.15, -0.1) is 0 Å². The Labute approximate surface area is 212 Å². The number of hydrogen-bond donors (Lipinski definition) is 2. The third-order valence-corrected chi connectivity index (χ3v) is 6.16. The largest absolute Gasteiger partial charge is 0.492 e. The van der Waals surface area contributed by atoms with Crippen LogP contribution in [0, 0.1) is 5.82 Å². The normalized spacial score (nSPS) is 11.6. The second-order valence-electron chi connectivity index (χ2n) is 9.06. The molecular formula is C28H24FN7O. The second kappa shape index (κ2) is 9.44. The van der Waals surface area contributed by atoms with Crippen LogP contribution in [0.3, 0.4) is 0 Å². The summed E-state index contributed by atoms with van der Waals surface area (Å²) in [5, 5.41) is 9.41. The van der Waals surface area contributed by atoms with Crippen molar-refractivity contribution in [2.24, 2.45) is 0 Å². The molecule has 0 saturated carbocycles. The lowest BCUT2D eigenvalue weighted by molar-refractivity contribution is 0.260. The second-order valence-corrected chi connectivity index (χ2v) is 9.06. The predicted octanol–water partition coefficient (Wildman–Crippen LogP) is 5.31. The van der Waals surface area contributed by atoms with Crippen LogP contribution in [0.5, 0.6) is 5.75 Å². The molecule has 37 heavy (non-hydrogen) atoms. The molecule has 0 saturated heterocycles. The minimum absolute atomic E-state index is 0.374. The van der Waals surface area contributed by atoms with Gasteiger partial charge in [-0.25, -0.2) is 4.39 Å². The van der Waals surface area contributed by atoms with E-state index in [-0.39, 0.29) is 5.82 Å². The molecule has 0 bridgehead atoms. The van der Waals surface area contributed by atoms with Crippen molar-refractivity contribution in [3.63, 3.8) is 0 Å². The van der Waals surface area contributed by atoms with Crippen molar-refractivity contribution in [1.29, 1.82) is 0 Å². The average molecular weight is 494 g/mol. The van der Waals surface area contributed by atoms with Crippen LogP contribution in [-0.2, 0) is 0 Å². The first kappa shape index (κ1) is 22.8. The number of fused-ring (bicyclic) bond motifs is 2. The molecule has 0 aliphatic carbocycles. The van der Waals surface area contributed by atoms with Gasteiger partial charge >= 0.3 is 0 Å². The van der Waals surface area contributed by atoms with Crippen LogP contribution in [0.15, 0.2) is 73.3 Å². The molecule has 9 heteroatoms. The molecule has 0 spiro atoms. The van der Waals surface area contributed by atoms with E-state index in [1.807, 2.05) is 55.4 Å². The maximum absolute atomic E-state index is 14.5. The summed E-state index contributed by atoms with van der Waals surface area (Å²) in [6.07, 6.45) is 7.00. The zero-order chi connectivity index (χ0) is 25.4. The van der Waals surface area contributed by atoms with E-state index in [1.54, 1.807) is 24.8 Å². The standard InChI is InChI=1S/C28H24FN7O/c1-36(2)8-9-37-20-11-18(10-19(29)12-20)27-21-14-25(33-23(21)5-7-31-27)28-22-13-24(17-4-3-6-30-15-17)32-16-26(22)34-35-28/h3-7,10-16,33H,8-9H2,1-2H3,(H,34,35). The van der Waals surface area contributed by atoms with E-state index < -0.39 is 0 Å². The van der Waals surface area contributed by atoms with Crippen molar-refractivity contribution in [1.82, 2.24) is 35.0 Å². The Bertz CT molecular complexity index is 1710. The van der Waals surface area contributed by atoms with Crippen LogP contribution in [0.4, 0.5) is 4.39 Å². The van der Waals surface area contributed by atoms with Crippen LogP contribution >= 0.6 is 0 Å². The summed E-state index contributed by atoms with van der Waals surface area (Å²) in [6.45, 7) is 1.19. The number of aromatic amines is 2. The molecule has 6 aromatic rings. The third-order valence-electron chi connectivity index (χ3n) is 6.16. The first-order valence-corrected chi connectivity index (χ1v) is 11.9. The van der Waals surface area contributed by atoms with Crippen LogP contribution in [0.2, 0.25) is 0 Å². The molecule has 0 aliphatic heterocycles. The summed E-state index contributed by atoms with van der Waals surface area (Å²) >= 11 is 0. The SMILES string of the molecule is CN(C)CCOc1cc(F)cc(-c2nccc3[nH]c(-c4n[nH]c5cnc(-c6cccnc6)cc45)cc23)c1. The summed E-state index contributed by atoms with van der Waals surface area (Å²) in [6, 6.07) is 14.4. The van der Waals surface area contributed by atoms with Crippen molar-refractivity contribution in [3.05, 3.63) is 79.1 Å². The van der Waals surface area contributed by atoms with Crippen LogP contribution in [0.25, 0.3) is 55.7 Å². The summed E-state index contributed by atoms with van der Waals surface area (Å²) in [5.74, 6) is 0.0979. The van der Waals surface area contributed by atoms with Gasteiger partial charge in [-0.3, -0.25) is 20.1 Å². The van der Waals surface area contributed by atoms with E-state index in [4.69, 9.17) is 4.74 Å². The van der Waals surface area contributed by atoms with E-state index >= 15 is 0 Å². The minimum atomic E-state index is -0.374. The van der Waals surface area contributed by atoms with Gasteiger partial charge in [0.1, 0.15) is 23.9 Å². The van der Waals surface area contributed by atoms with Crippen molar-refractivity contribution in [3.8, 4) is 39.7 Å². The van der Waals surface area contributed by atoms with Crippen molar-refractivity contribution >= 4 is 21.8 Å². The van der Waals surface area contributed by atoms with E-state index in [1.165, 1.54) is 12.1 Å². The Morgan fingerprint density at radius 1 is 0.892 bits per heavy atom. The number of halogens is 1. The minimum Gasteiger partial charge on any atom is -0.492 e. The lowest BCUT2D eigenvalue weighted by Gasteiger charge is -2.12. The third kappa shape index (κ3) is 4.52. The fourth-order valence-electron chi connectivity index (χ4n) is 4.33. The summed E-state index contributed by atoms with van der Waals surface area (Å²) in [5.41, 5.74) is 6.31. The Morgan fingerprint density at radius 3 is 2.62 bits per heavy atom. The zero-order valence-electron chi connectivity index (χ0n) is 20.4. The van der Waals surface area contributed by atoms with Gasteiger partial charge in [0.25, 0.3) is 0 Å². The molecule has 0 amide bonds. The van der Waals surface area contributed by atoms with Gasteiger partial charge in [0.15, 0.2) is 0 Å². The van der Waals surface area contributed by atoms with Gasteiger partial charge in [0.2, 0.25) is 0 Å². The molecule has 0 radical (unpaired) electrons. The molecule has 184 valence electrons. The van der Waals surface area contributed by atoms with E-state index in [2.05, 4.69) is 30.1 Å². The van der Waals surface area contributed by atoms with Crippen molar-refractivity contribution in [2.45, 2.75) is 0 Å². The molecule has 0 unspecified atom stereocenters. The van der Waals surface area contributed by atoms with Gasteiger partial charge in [0, 0.05) is 58.6 Å². The van der Waals surface area contributed by atoms with Crippen molar-refractivity contribution < 1.29 is 9.13 Å². The molecule has 0 atom stereocenters. The van der Waals surface area contributed by atoms with E-state index in [9.17, 15) is 4.39 Å². The monoisotopic (exact) mass is 493 g/mol. The number of pyridine rings is 3. The number of aromatic nitrogens is 6. The van der Waals surface area contributed by atoms with Crippen LogP contribution < -0.4 is 4.74 Å². The fraction of sp³-hybridized carbons (Fsp3) is 0.143. The number of hydrogen-bond acceptors (Lipinski definition) is 6. The molecule has 5 aromatic heterocycles. The number of likely N-dealkylation sites (N-methyl/N-ethyl adjacent to an activating group) is 1. The van der Waals surface area contributed by atoms with E-state index in [0.29, 0.717) is 23.6 Å². The van der Waals surface area contributed by atoms with Crippen LogP contribution in [-0.4, -0.2) is 62.3 Å². The smallest absolute Gasteiger partial charge is 0.127 e. The Morgan fingerprint density at radius 2 is 1.78 bits per heavy atom. The Hall–Kier alpha value is -4.63. The Balaban J connectivity index is 1.41. The maximum Gasteiger partial charge on any atom is 0.127 e. The molecule has 6 rings (SSSR count). The molecule has 8 nitrogen and oxygen atoms in total. The van der Waals surface area contributed by atoms with Gasteiger partial charge in [0.05, 0.1) is 28.8 Å². The molecule has 0 aliphatic rings. The maximum atomic E-state index is 14.5. The lowest BCUT2D eigenvalue weighted by Crippen LogP contribution is -2.19. The quantitative estimate of drug-likeness (QED) is 0.313. The van der Waals surface area contributed by atoms with Crippen LogP contribution in [0.1, 0.15) is 0 Å². The summed E-state index contributed by atoms with van der Waals surface area (Å²) in [4.78, 5) is 18.8. The van der Waals surface area contributed by atoms with Gasteiger partial charge in [-0.2, -0.15) is 5.10 Å². The predicted molar refractivity (Wildman–Crippen MR) is 142 cm³/mol. The lowest BCUT2D eigenvalue weighted by atomic mass is 10.1. The number of H-pyrrole nitrogens is 2. The van der Waals surface area contributed by atoms with Gasteiger partial charge in [-0.05, 0) is 56.6 Å². The number of rotatable bonds is 7. The fourth-order valence-corrected chi connectivity index (χ4v) is 4.33. The number of nitrogens with one attached hydrogen (secondary N) is 2. The number of benzene rings is 1. The average Bonchev–Trinajstić information content (AvgIpc) is 3.52. The summed E-state index contributed by atoms with van der Waals surface area (Å²) in [7, 11) is 3.93. The topological polar surface area (TPSA) is 95.6 Å². The molecule has 0 fully saturated rings. The number of nitrogens with zero attached hydrogens (tertiary/aromatic N) is 5. The highest BCUT2D eigenvalue weighted by Gasteiger charge is 2.16. The number of ether oxygens (including phenoxy) is 1. The molecular weight excluding hydrogens is 469 g/mol. The molecule has 2 N–H and O–H groups in total. The molecule has 5 heterocycles. The van der Waals surface area contributed by atoms with Gasteiger partial charge in [-0.1, -0.05) is 0 Å². The van der Waals surface area contributed by atoms with Crippen molar-refractivity contribution in [2.75, 3.05) is 27.2 Å². The van der Waals surface area contributed by atoms with Gasteiger partial charge < -0.3 is 14.6 Å². The highest BCUT2D eigenvalue weighted by molar-refractivity contribution is 6.00. The first-order chi connectivity index (χ1) is 18.0. The highest BCUT2D eigenvalue weighted by Crippen LogP contribution is 2.35. The first-order valence-electron chi connectivity index (χ1n) is 11.9. The summed E-state index contributed by atoms with van der Waals surface area (Å²) < 4.78 is 20.3. The van der Waals surface area contributed by atoms with E-state index in [0.717, 1.165) is 51.0 Å². The molecule has 1 aromatic carbocycles. The zero-order valence-corrected chi connectivity index (χ0v) is 20.4. The Kier molecular flexibility index (Phi) is 5.82.